The van der Waals surface area contributed by atoms with Crippen molar-refractivity contribution in [2.75, 3.05) is 0 Å². The highest BCUT2D eigenvalue weighted by molar-refractivity contribution is 6.13. The molecule has 0 unspecified atom stereocenters. The van der Waals surface area contributed by atoms with Gasteiger partial charge in [-0.25, -0.2) is 0 Å². The molecule has 0 N–H and O–H groups in total. The number of aryl methyl sites for hydroxylation is 2. The van der Waals surface area contributed by atoms with Crippen molar-refractivity contribution in [3.8, 4) is 16.8 Å². The van der Waals surface area contributed by atoms with Gasteiger partial charge in [-0.2, -0.15) is 0 Å². The van der Waals surface area contributed by atoms with E-state index in [1.165, 1.54) is 49.7 Å². The summed E-state index contributed by atoms with van der Waals surface area (Å²) in [7, 11) is 0. The Morgan fingerprint density at radius 3 is 2.13 bits per heavy atom. The molecule has 0 saturated heterocycles. The second kappa shape index (κ2) is 8.59. The highest BCUT2D eigenvalue weighted by Crippen LogP contribution is 2.39. The van der Waals surface area contributed by atoms with Gasteiger partial charge in [0, 0.05) is 22.0 Å². The molecular weight excluding hydrogens is 362 g/mol. The lowest BCUT2D eigenvalue weighted by molar-refractivity contribution is 1.13. The van der Waals surface area contributed by atoms with E-state index in [2.05, 4.69) is 109 Å². The van der Waals surface area contributed by atoms with Gasteiger partial charge in [-0.05, 0) is 42.7 Å². The molecule has 30 heavy (non-hydrogen) atoms. The molecule has 0 radical (unpaired) electrons. The van der Waals surface area contributed by atoms with E-state index in [9.17, 15) is 0 Å². The lowest BCUT2D eigenvalue weighted by Gasteiger charge is -2.14. The van der Waals surface area contributed by atoms with Crippen LogP contribution in [0.25, 0.3) is 38.6 Å². The smallest absolute Gasteiger partial charge is 0.0619 e. The van der Waals surface area contributed by atoms with Crippen LogP contribution in [0.5, 0.6) is 0 Å². The number of aromatic nitrogens is 1. The zero-order valence-corrected chi connectivity index (χ0v) is 18.3. The van der Waals surface area contributed by atoms with Gasteiger partial charge in [0.05, 0.1) is 11.0 Å². The lowest BCUT2D eigenvalue weighted by atomic mass is 9.94. The molecule has 1 aromatic heterocycles. The topological polar surface area (TPSA) is 4.93 Å². The SMILES string of the molecule is CC.CCc1cc(C)ccc1-c1cccc2c3ccccc3n(-c3ccccc3)c12. The molecule has 1 heterocycles. The van der Waals surface area contributed by atoms with Crippen molar-refractivity contribution in [3.05, 3.63) is 102 Å². The molecule has 150 valence electrons. The van der Waals surface area contributed by atoms with Crippen LogP contribution in [0.3, 0.4) is 0 Å². The van der Waals surface area contributed by atoms with Gasteiger partial charge in [0.25, 0.3) is 0 Å². The van der Waals surface area contributed by atoms with Crippen molar-refractivity contribution in [1.82, 2.24) is 4.57 Å². The summed E-state index contributed by atoms with van der Waals surface area (Å²) in [5, 5.41) is 2.60. The van der Waals surface area contributed by atoms with Gasteiger partial charge in [0.2, 0.25) is 0 Å². The van der Waals surface area contributed by atoms with Crippen molar-refractivity contribution in [2.45, 2.75) is 34.1 Å². The number of fused-ring (bicyclic) bond motifs is 3. The van der Waals surface area contributed by atoms with Crippen LogP contribution in [-0.2, 0) is 6.42 Å². The molecule has 0 spiro atoms. The maximum absolute atomic E-state index is 2.42. The third-order valence-corrected chi connectivity index (χ3v) is 5.64. The number of para-hydroxylation sites is 3. The van der Waals surface area contributed by atoms with Gasteiger partial charge in [-0.15, -0.1) is 0 Å². The molecule has 5 rings (SSSR count). The van der Waals surface area contributed by atoms with Gasteiger partial charge in [-0.1, -0.05) is 99.1 Å². The van der Waals surface area contributed by atoms with Crippen molar-refractivity contribution < 1.29 is 0 Å². The zero-order chi connectivity index (χ0) is 21.1. The summed E-state index contributed by atoms with van der Waals surface area (Å²) in [5.74, 6) is 0. The summed E-state index contributed by atoms with van der Waals surface area (Å²) in [6.45, 7) is 8.41. The average Bonchev–Trinajstić information content (AvgIpc) is 3.16. The maximum atomic E-state index is 2.42. The fourth-order valence-electron chi connectivity index (χ4n) is 4.36. The normalized spacial score (nSPS) is 10.8. The monoisotopic (exact) mass is 391 g/mol. The maximum Gasteiger partial charge on any atom is 0.0619 e. The van der Waals surface area contributed by atoms with Gasteiger partial charge in [-0.3, -0.25) is 0 Å². The van der Waals surface area contributed by atoms with E-state index in [1.807, 2.05) is 13.8 Å². The van der Waals surface area contributed by atoms with E-state index in [0.717, 1.165) is 6.42 Å². The highest BCUT2D eigenvalue weighted by Gasteiger charge is 2.17. The molecule has 5 aromatic rings. The van der Waals surface area contributed by atoms with Gasteiger partial charge < -0.3 is 4.57 Å². The first-order valence-corrected chi connectivity index (χ1v) is 11.0. The summed E-state index contributed by atoms with van der Waals surface area (Å²) in [4.78, 5) is 0. The first-order chi connectivity index (χ1) is 14.8. The third kappa shape index (κ3) is 3.31. The molecule has 0 atom stereocenters. The van der Waals surface area contributed by atoms with E-state index in [4.69, 9.17) is 0 Å². The van der Waals surface area contributed by atoms with Crippen LogP contribution in [0.1, 0.15) is 31.9 Å². The summed E-state index contributed by atoms with van der Waals surface area (Å²) in [5.41, 5.74) is 9.09. The van der Waals surface area contributed by atoms with E-state index < -0.39 is 0 Å². The minimum atomic E-state index is 1.03. The Morgan fingerprint density at radius 2 is 1.37 bits per heavy atom. The van der Waals surface area contributed by atoms with E-state index in [1.54, 1.807) is 0 Å². The van der Waals surface area contributed by atoms with Gasteiger partial charge >= 0.3 is 0 Å². The Kier molecular flexibility index (Phi) is 5.72. The van der Waals surface area contributed by atoms with E-state index in [0.29, 0.717) is 0 Å². The zero-order valence-electron chi connectivity index (χ0n) is 18.3. The number of nitrogens with zero attached hydrogens (tertiary/aromatic N) is 1. The summed E-state index contributed by atoms with van der Waals surface area (Å²) >= 11 is 0. The molecule has 0 aliphatic carbocycles. The standard InChI is InChI=1S/C27H23N.C2H6/c1-3-20-18-19(2)16-17-22(20)24-13-9-14-25-23-12-7-8-15-26(23)28(27(24)25)21-10-5-4-6-11-21;1-2/h4-18H,3H2,1-2H3;1-2H3. The summed E-state index contributed by atoms with van der Waals surface area (Å²) < 4.78 is 2.42. The number of hydrogen-bond donors (Lipinski definition) is 0. The number of hydrogen-bond acceptors (Lipinski definition) is 0. The largest absolute Gasteiger partial charge is 0.309 e. The fourth-order valence-corrected chi connectivity index (χ4v) is 4.36. The fraction of sp³-hybridized carbons (Fsp3) is 0.172. The van der Waals surface area contributed by atoms with Crippen LogP contribution >= 0.6 is 0 Å². The molecule has 4 aromatic carbocycles. The molecule has 0 amide bonds. The number of rotatable bonds is 3. The van der Waals surface area contributed by atoms with Crippen LogP contribution < -0.4 is 0 Å². The molecule has 0 aliphatic rings. The minimum absolute atomic E-state index is 1.03. The van der Waals surface area contributed by atoms with Crippen LogP contribution in [-0.4, -0.2) is 4.57 Å². The Labute approximate surface area is 179 Å². The molecule has 1 nitrogen and oxygen atoms in total. The van der Waals surface area contributed by atoms with Crippen LogP contribution in [0.2, 0.25) is 0 Å². The van der Waals surface area contributed by atoms with Gasteiger partial charge in [0.15, 0.2) is 0 Å². The predicted octanol–water partition coefficient (Wildman–Crippen LogP) is 8.35. The Bertz CT molecular complexity index is 1290. The second-order valence-corrected chi connectivity index (χ2v) is 7.40. The van der Waals surface area contributed by atoms with Crippen molar-refractivity contribution >= 4 is 21.8 Å². The van der Waals surface area contributed by atoms with Crippen LogP contribution in [0.4, 0.5) is 0 Å². The Hall–Kier alpha value is -3.32. The molecule has 1 heteroatoms. The van der Waals surface area contributed by atoms with Crippen molar-refractivity contribution in [1.29, 1.82) is 0 Å². The van der Waals surface area contributed by atoms with E-state index in [-0.39, 0.29) is 0 Å². The van der Waals surface area contributed by atoms with Crippen LogP contribution in [0.15, 0.2) is 91.0 Å². The minimum Gasteiger partial charge on any atom is -0.309 e. The van der Waals surface area contributed by atoms with Gasteiger partial charge in [0.1, 0.15) is 0 Å². The average molecular weight is 392 g/mol. The third-order valence-electron chi connectivity index (χ3n) is 5.64. The molecule has 0 fully saturated rings. The molecule has 0 saturated carbocycles. The Morgan fingerprint density at radius 1 is 0.667 bits per heavy atom. The van der Waals surface area contributed by atoms with Crippen molar-refractivity contribution in [3.63, 3.8) is 0 Å². The highest BCUT2D eigenvalue weighted by atomic mass is 15.0. The second-order valence-electron chi connectivity index (χ2n) is 7.40. The first kappa shape index (κ1) is 20.0. The summed E-state index contributed by atoms with van der Waals surface area (Å²) in [6, 6.07) is 33.0. The number of benzene rings is 4. The predicted molar refractivity (Wildman–Crippen MR) is 132 cm³/mol. The van der Waals surface area contributed by atoms with E-state index >= 15 is 0 Å². The Balaban J connectivity index is 0.00000106. The molecular formula is C29H29N. The first-order valence-electron chi connectivity index (χ1n) is 11.0. The van der Waals surface area contributed by atoms with Crippen LogP contribution in [0, 0.1) is 6.92 Å². The lowest BCUT2D eigenvalue weighted by Crippen LogP contribution is -1.96. The molecule has 0 bridgehead atoms. The summed E-state index contributed by atoms with van der Waals surface area (Å²) in [6.07, 6.45) is 1.03. The molecule has 0 aliphatic heterocycles. The van der Waals surface area contributed by atoms with Crippen molar-refractivity contribution in [2.24, 2.45) is 0 Å². The quantitative estimate of drug-likeness (QED) is 0.291.